The van der Waals surface area contributed by atoms with E-state index in [1.54, 1.807) is 28.7 Å². The van der Waals surface area contributed by atoms with Gasteiger partial charge in [-0.05, 0) is 12.1 Å². The Morgan fingerprint density at radius 2 is 1.94 bits per heavy atom. The number of fused-ring (bicyclic) bond motifs is 1. The molecule has 0 unspecified atom stereocenters. The van der Waals surface area contributed by atoms with Crippen molar-refractivity contribution in [3.05, 3.63) is 53.5 Å². The van der Waals surface area contributed by atoms with E-state index in [9.17, 15) is 4.79 Å². The van der Waals surface area contributed by atoms with E-state index >= 15 is 0 Å². The van der Waals surface area contributed by atoms with Gasteiger partial charge in [-0.1, -0.05) is 12.1 Å². The number of hydrogen-bond donors (Lipinski definition) is 0. The van der Waals surface area contributed by atoms with Crippen molar-refractivity contribution >= 4 is 11.0 Å². The van der Waals surface area contributed by atoms with Crippen LogP contribution in [0, 0.1) is 0 Å². The van der Waals surface area contributed by atoms with Crippen molar-refractivity contribution in [2.24, 2.45) is 7.05 Å². The van der Waals surface area contributed by atoms with E-state index in [2.05, 4.69) is 4.98 Å². The first-order valence-corrected chi connectivity index (χ1v) is 5.87. The number of rotatable bonds is 3. The summed E-state index contributed by atoms with van der Waals surface area (Å²) in [7, 11) is 1.80. The van der Waals surface area contributed by atoms with Crippen LogP contribution in [0.5, 0.6) is 0 Å². The van der Waals surface area contributed by atoms with Crippen molar-refractivity contribution in [3.8, 4) is 0 Å². The molecule has 0 aliphatic heterocycles. The first-order chi connectivity index (χ1) is 8.77. The molecular formula is C13H14N4O. The first-order valence-electron chi connectivity index (χ1n) is 5.87. The van der Waals surface area contributed by atoms with E-state index in [0.717, 1.165) is 17.6 Å². The fourth-order valence-corrected chi connectivity index (χ4v) is 2.21. The van der Waals surface area contributed by atoms with Crippen molar-refractivity contribution in [2.45, 2.75) is 13.1 Å². The molecule has 0 fully saturated rings. The Labute approximate surface area is 104 Å². The monoisotopic (exact) mass is 242 g/mol. The Morgan fingerprint density at radius 3 is 2.67 bits per heavy atom. The van der Waals surface area contributed by atoms with Gasteiger partial charge in [-0.3, -0.25) is 9.13 Å². The second-order valence-electron chi connectivity index (χ2n) is 4.28. The number of benzene rings is 1. The topological polar surface area (TPSA) is 44.8 Å². The zero-order valence-corrected chi connectivity index (χ0v) is 10.2. The van der Waals surface area contributed by atoms with Gasteiger partial charge < -0.3 is 4.57 Å². The lowest BCUT2D eigenvalue weighted by Crippen LogP contribution is -2.23. The van der Waals surface area contributed by atoms with Crippen LogP contribution in [0.25, 0.3) is 11.0 Å². The molecule has 0 bridgehead atoms. The molecule has 0 spiro atoms. The SMILES string of the molecule is Cn1c(=O)n(CCn2ccnc2)c2ccccc21. The van der Waals surface area contributed by atoms with Gasteiger partial charge in [0.1, 0.15) is 0 Å². The van der Waals surface area contributed by atoms with Crippen molar-refractivity contribution < 1.29 is 0 Å². The van der Waals surface area contributed by atoms with Gasteiger partial charge in [0.25, 0.3) is 0 Å². The first kappa shape index (κ1) is 10.8. The van der Waals surface area contributed by atoms with Crippen LogP contribution in [0.4, 0.5) is 0 Å². The van der Waals surface area contributed by atoms with E-state index in [4.69, 9.17) is 0 Å². The van der Waals surface area contributed by atoms with Gasteiger partial charge in [0.15, 0.2) is 0 Å². The summed E-state index contributed by atoms with van der Waals surface area (Å²) < 4.78 is 5.45. The molecule has 0 atom stereocenters. The summed E-state index contributed by atoms with van der Waals surface area (Å²) in [5, 5.41) is 0. The molecule has 2 aromatic heterocycles. The summed E-state index contributed by atoms with van der Waals surface area (Å²) >= 11 is 0. The average Bonchev–Trinajstić information content (AvgIpc) is 2.98. The normalized spacial score (nSPS) is 11.2. The molecule has 0 N–H and O–H groups in total. The van der Waals surface area contributed by atoms with Gasteiger partial charge >= 0.3 is 5.69 Å². The highest BCUT2D eigenvalue weighted by molar-refractivity contribution is 5.75. The molecule has 18 heavy (non-hydrogen) atoms. The summed E-state index contributed by atoms with van der Waals surface area (Å²) in [4.78, 5) is 16.1. The highest BCUT2D eigenvalue weighted by atomic mass is 16.1. The number of hydrogen-bond acceptors (Lipinski definition) is 2. The number of nitrogens with zero attached hydrogens (tertiary/aromatic N) is 4. The Hall–Kier alpha value is -2.30. The van der Waals surface area contributed by atoms with Gasteiger partial charge in [0.05, 0.1) is 17.4 Å². The molecule has 92 valence electrons. The summed E-state index contributed by atoms with van der Waals surface area (Å²) in [5.41, 5.74) is 1.97. The van der Waals surface area contributed by atoms with Crippen LogP contribution in [0.2, 0.25) is 0 Å². The highest BCUT2D eigenvalue weighted by Crippen LogP contribution is 2.11. The van der Waals surface area contributed by atoms with Crippen molar-refractivity contribution in [3.63, 3.8) is 0 Å². The van der Waals surface area contributed by atoms with Gasteiger partial charge in [0, 0.05) is 32.5 Å². The van der Waals surface area contributed by atoms with Gasteiger partial charge in [0.2, 0.25) is 0 Å². The van der Waals surface area contributed by atoms with E-state index in [1.165, 1.54) is 0 Å². The van der Waals surface area contributed by atoms with Crippen LogP contribution in [0.3, 0.4) is 0 Å². The molecule has 1 aromatic carbocycles. The van der Waals surface area contributed by atoms with E-state index in [1.807, 2.05) is 35.0 Å². The lowest BCUT2D eigenvalue weighted by molar-refractivity contribution is 0.568. The molecule has 3 rings (SSSR count). The third kappa shape index (κ3) is 1.64. The molecule has 5 heteroatoms. The van der Waals surface area contributed by atoms with Crippen LogP contribution in [-0.4, -0.2) is 18.7 Å². The highest BCUT2D eigenvalue weighted by Gasteiger charge is 2.09. The molecular weight excluding hydrogens is 228 g/mol. The molecule has 0 saturated carbocycles. The molecule has 0 radical (unpaired) electrons. The minimum Gasteiger partial charge on any atom is -0.336 e. The maximum atomic E-state index is 12.1. The second-order valence-corrected chi connectivity index (χ2v) is 4.28. The summed E-state index contributed by atoms with van der Waals surface area (Å²) in [6.45, 7) is 1.39. The third-order valence-electron chi connectivity index (χ3n) is 3.19. The Bertz CT molecular complexity index is 721. The van der Waals surface area contributed by atoms with Crippen LogP contribution >= 0.6 is 0 Å². The Kier molecular flexibility index (Phi) is 2.51. The maximum Gasteiger partial charge on any atom is 0.328 e. The van der Waals surface area contributed by atoms with Gasteiger partial charge in [-0.25, -0.2) is 9.78 Å². The lowest BCUT2D eigenvalue weighted by Gasteiger charge is -2.03. The molecule has 0 aliphatic rings. The smallest absolute Gasteiger partial charge is 0.328 e. The quantitative estimate of drug-likeness (QED) is 0.693. The molecule has 2 heterocycles. The fourth-order valence-electron chi connectivity index (χ4n) is 2.21. The van der Waals surface area contributed by atoms with E-state index in [0.29, 0.717) is 6.54 Å². The average molecular weight is 242 g/mol. The zero-order chi connectivity index (χ0) is 12.5. The Morgan fingerprint density at radius 1 is 1.17 bits per heavy atom. The van der Waals surface area contributed by atoms with Crippen LogP contribution in [0.1, 0.15) is 0 Å². The number of imidazole rings is 2. The van der Waals surface area contributed by atoms with Gasteiger partial charge in [-0.2, -0.15) is 0 Å². The van der Waals surface area contributed by atoms with Crippen molar-refractivity contribution in [1.82, 2.24) is 18.7 Å². The van der Waals surface area contributed by atoms with Crippen LogP contribution in [0.15, 0.2) is 47.8 Å². The standard InChI is InChI=1S/C13H14N4O/c1-15-11-4-2-3-5-12(11)17(13(15)18)9-8-16-7-6-14-10-16/h2-7,10H,8-9H2,1H3. The zero-order valence-electron chi connectivity index (χ0n) is 10.2. The number of aryl methyl sites for hydroxylation is 3. The lowest BCUT2D eigenvalue weighted by atomic mass is 10.3. The predicted octanol–water partition coefficient (Wildman–Crippen LogP) is 1.24. The minimum absolute atomic E-state index is 0.0244. The fraction of sp³-hybridized carbons (Fsp3) is 0.231. The molecule has 0 amide bonds. The summed E-state index contributed by atoms with van der Waals surface area (Å²) in [6.07, 6.45) is 5.40. The summed E-state index contributed by atoms with van der Waals surface area (Å²) in [5.74, 6) is 0. The minimum atomic E-state index is 0.0244. The van der Waals surface area contributed by atoms with Gasteiger partial charge in [-0.15, -0.1) is 0 Å². The second kappa shape index (κ2) is 4.18. The number of aromatic nitrogens is 4. The van der Waals surface area contributed by atoms with E-state index < -0.39 is 0 Å². The largest absolute Gasteiger partial charge is 0.336 e. The van der Waals surface area contributed by atoms with Crippen molar-refractivity contribution in [2.75, 3.05) is 0 Å². The van der Waals surface area contributed by atoms with Crippen LogP contribution < -0.4 is 5.69 Å². The summed E-state index contributed by atoms with van der Waals surface area (Å²) in [6, 6.07) is 7.84. The predicted molar refractivity (Wildman–Crippen MR) is 69.4 cm³/mol. The van der Waals surface area contributed by atoms with Crippen LogP contribution in [-0.2, 0) is 20.1 Å². The molecule has 0 saturated heterocycles. The third-order valence-corrected chi connectivity index (χ3v) is 3.19. The maximum absolute atomic E-state index is 12.1. The van der Waals surface area contributed by atoms with Crippen molar-refractivity contribution in [1.29, 1.82) is 0 Å². The molecule has 3 aromatic rings. The molecule has 5 nitrogen and oxygen atoms in total. The molecule has 0 aliphatic carbocycles. The van der Waals surface area contributed by atoms with E-state index in [-0.39, 0.29) is 5.69 Å². The number of para-hydroxylation sites is 2. The Balaban J connectivity index is 2.01.